The van der Waals surface area contributed by atoms with Gasteiger partial charge in [-0.3, -0.25) is 0 Å². The van der Waals surface area contributed by atoms with Gasteiger partial charge in [0.2, 0.25) is 0 Å². The molecule has 0 spiro atoms. The quantitative estimate of drug-likeness (QED) is 0.705. The number of carbonyl (C=O) groups excluding carboxylic acids is 1. The Kier molecular flexibility index (Phi) is 3.36. The van der Waals surface area contributed by atoms with Crippen molar-refractivity contribution in [1.82, 2.24) is 10.6 Å². The van der Waals surface area contributed by atoms with Crippen LogP contribution in [0.1, 0.15) is 38.5 Å². The number of rotatable bonds is 5. The van der Waals surface area contributed by atoms with Crippen molar-refractivity contribution in [3.63, 3.8) is 0 Å². The summed E-state index contributed by atoms with van der Waals surface area (Å²) in [6.45, 7) is 1.42. The van der Waals surface area contributed by atoms with E-state index in [0.717, 1.165) is 5.92 Å². The first-order valence-electron chi connectivity index (χ1n) is 7.44. The van der Waals surface area contributed by atoms with Crippen LogP contribution in [0, 0.1) is 11.3 Å². The molecule has 3 N–H and O–H groups in total. The molecule has 6 heteroatoms. The summed E-state index contributed by atoms with van der Waals surface area (Å²) in [5, 5.41) is 14.9. The third-order valence-electron chi connectivity index (χ3n) is 5.05. The number of carboxylic acids is 1. The highest BCUT2D eigenvalue weighted by molar-refractivity contribution is 5.86. The van der Waals surface area contributed by atoms with Gasteiger partial charge in [-0.15, -0.1) is 0 Å². The molecule has 0 aromatic carbocycles. The number of carbonyl (C=O) groups is 2. The summed E-state index contributed by atoms with van der Waals surface area (Å²) in [6.07, 6.45) is 5.58. The molecule has 20 heavy (non-hydrogen) atoms. The molecule has 2 aliphatic carbocycles. The Labute approximate surface area is 118 Å². The lowest BCUT2D eigenvalue weighted by atomic mass is 9.90. The number of hydrogen-bond donors (Lipinski definition) is 3. The van der Waals surface area contributed by atoms with Crippen molar-refractivity contribution in [3.05, 3.63) is 0 Å². The molecule has 1 heterocycles. The summed E-state index contributed by atoms with van der Waals surface area (Å²) in [6, 6.07) is -0.360. The van der Waals surface area contributed by atoms with Gasteiger partial charge in [0.05, 0.1) is 0 Å². The molecule has 3 rings (SSSR count). The van der Waals surface area contributed by atoms with Gasteiger partial charge in [0.1, 0.15) is 5.54 Å². The highest BCUT2D eigenvalue weighted by Crippen LogP contribution is 2.60. The van der Waals surface area contributed by atoms with Gasteiger partial charge in [0, 0.05) is 32.6 Å². The van der Waals surface area contributed by atoms with Crippen molar-refractivity contribution < 1.29 is 19.4 Å². The summed E-state index contributed by atoms with van der Waals surface area (Å²) in [7, 11) is 0. The van der Waals surface area contributed by atoms with Gasteiger partial charge >= 0.3 is 12.0 Å². The van der Waals surface area contributed by atoms with Crippen molar-refractivity contribution in [2.24, 2.45) is 11.3 Å². The summed E-state index contributed by atoms with van der Waals surface area (Å²) in [5.74, 6) is -0.196. The Morgan fingerprint density at radius 2 is 1.80 bits per heavy atom. The van der Waals surface area contributed by atoms with E-state index < -0.39 is 11.5 Å². The first kappa shape index (κ1) is 13.7. The zero-order valence-corrected chi connectivity index (χ0v) is 11.6. The maximum absolute atomic E-state index is 12.0. The predicted molar refractivity (Wildman–Crippen MR) is 71.3 cm³/mol. The van der Waals surface area contributed by atoms with Crippen LogP contribution in [0.2, 0.25) is 0 Å². The molecule has 3 fully saturated rings. The molecule has 6 nitrogen and oxygen atoms in total. The lowest BCUT2D eigenvalue weighted by Crippen LogP contribution is -2.60. The lowest BCUT2D eigenvalue weighted by Gasteiger charge is -2.34. The molecule has 0 radical (unpaired) electrons. The smallest absolute Gasteiger partial charge is 0.329 e. The van der Waals surface area contributed by atoms with Crippen molar-refractivity contribution in [2.75, 3.05) is 19.8 Å². The second kappa shape index (κ2) is 4.91. The predicted octanol–water partition coefficient (Wildman–Crippen LogP) is 1.11. The number of carboxylic acid groups (broad SMARTS) is 1. The van der Waals surface area contributed by atoms with Crippen LogP contribution in [0.4, 0.5) is 4.79 Å². The monoisotopic (exact) mass is 282 g/mol. The Hall–Kier alpha value is -1.30. The van der Waals surface area contributed by atoms with Crippen LogP contribution >= 0.6 is 0 Å². The fourth-order valence-corrected chi connectivity index (χ4v) is 3.22. The summed E-state index contributed by atoms with van der Waals surface area (Å²) >= 11 is 0. The Balaban J connectivity index is 1.52. The van der Waals surface area contributed by atoms with E-state index in [0.29, 0.717) is 38.0 Å². The molecule has 1 aliphatic heterocycles. The van der Waals surface area contributed by atoms with E-state index in [2.05, 4.69) is 10.6 Å². The Morgan fingerprint density at radius 3 is 2.30 bits per heavy atom. The fraction of sp³-hybridized carbons (Fsp3) is 0.857. The molecule has 1 saturated heterocycles. The van der Waals surface area contributed by atoms with Crippen molar-refractivity contribution in [1.29, 1.82) is 0 Å². The van der Waals surface area contributed by atoms with E-state index in [1.54, 1.807) is 0 Å². The third-order valence-corrected chi connectivity index (χ3v) is 5.05. The Bertz CT molecular complexity index is 409. The molecular formula is C14H22N2O4. The molecule has 0 aromatic rings. The lowest BCUT2D eigenvalue weighted by molar-refractivity contribution is -0.148. The minimum atomic E-state index is -1.17. The number of amides is 2. The van der Waals surface area contributed by atoms with Crippen LogP contribution in [0.15, 0.2) is 0 Å². The fourth-order valence-electron chi connectivity index (χ4n) is 3.22. The molecule has 2 saturated carbocycles. The van der Waals surface area contributed by atoms with Crippen molar-refractivity contribution in [2.45, 2.75) is 44.1 Å². The van der Waals surface area contributed by atoms with Crippen LogP contribution in [-0.4, -0.2) is 42.4 Å². The van der Waals surface area contributed by atoms with Crippen LogP contribution in [0.25, 0.3) is 0 Å². The highest BCUT2D eigenvalue weighted by Gasteiger charge is 2.53. The normalized spacial score (nSPS) is 26.6. The first-order valence-corrected chi connectivity index (χ1v) is 7.44. The van der Waals surface area contributed by atoms with E-state index in [1.165, 1.54) is 25.7 Å². The number of ether oxygens (including phenoxy) is 1. The minimum absolute atomic E-state index is 0.323. The van der Waals surface area contributed by atoms with Gasteiger partial charge in [-0.2, -0.15) is 0 Å². The largest absolute Gasteiger partial charge is 0.480 e. The van der Waals surface area contributed by atoms with Gasteiger partial charge < -0.3 is 20.5 Å². The molecule has 3 aliphatic rings. The van der Waals surface area contributed by atoms with Crippen LogP contribution in [-0.2, 0) is 9.53 Å². The molecule has 112 valence electrons. The number of nitrogens with one attached hydrogen (secondary N) is 2. The number of hydrogen-bond acceptors (Lipinski definition) is 3. The standard InChI is InChI=1S/C14H22N2O4/c17-11(18)14(5-7-20-8-6-14)16-12(19)15-9-13(3-4-13)10-1-2-10/h10H,1-9H2,(H,17,18)(H2,15,16,19). The molecule has 0 bridgehead atoms. The van der Waals surface area contributed by atoms with E-state index in [9.17, 15) is 14.7 Å². The van der Waals surface area contributed by atoms with E-state index in [-0.39, 0.29) is 6.03 Å². The van der Waals surface area contributed by atoms with E-state index in [4.69, 9.17) is 4.74 Å². The van der Waals surface area contributed by atoms with E-state index >= 15 is 0 Å². The zero-order chi connectivity index (χ0) is 14.2. The van der Waals surface area contributed by atoms with Gasteiger partial charge in [0.15, 0.2) is 0 Å². The van der Waals surface area contributed by atoms with Gasteiger partial charge in [0.25, 0.3) is 0 Å². The van der Waals surface area contributed by atoms with Gasteiger partial charge in [-0.05, 0) is 37.0 Å². The van der Waals surface area contributed by atoms with E-state index in [1.807, 2.05) is 0 Å². The second-order valence-electron chi connectivity index (χ2n) is 6.44. The van der Waals surface area contributed by atoms with Crippen molar-refractivity contribution in [3.8, 4) is 0 Å². The molecule has 0 atom stereocenters. The third kappa shape index (κ3) is 2.61. The average Bonchev–Trinajstić information content (AvgIpc) is 3.28. The highest BCUT2D eigenvalue weighted by atomic mass is 16.5. The summed E-state index contributed by atoms with van der Waals surface area (Å²) in [5.41, 5.74) is -0.845. The first-order chi connectivity index (χ1) is 9.56. The molecule has 2 amide bonds. The second-order valence-corrected chi connectivity index (χ2v) is 6.44. The van der Waals surface area contributed by atoms with Crippen molar-refractivity contribution >= 4 is 12.0 Å². The molecule has 0 aromatic heterocycles. The number of aliphatic carboxylic acids is 1. The molecule has 0 unspecified atom stereocenters. The number of urea groups is 1. The van der Waals surface area contributed by atoms with Gasteiger partial charge in [-0.1, -0.05) is 0 Å². The summed E-state index contributed by atoms with van der Waals surface area (Å²) in [4.78, 5) is 23.5. The minimum Gasteiger partial charge on any atom is -0.480 e. The van der Waals surface area contributed by atoms with Gasteiger partial charge in [-0.25, -0.2) is 9.59 Å². The van der Waals surface area contributed by atoms with Crippen LogP contribution in [0.5, 0.6) is 0 Å². The average molecular weight is 282 g/mol. The maximum Gasteiger partial charge on any atom is 0.329 e. The molecular weight excluding hydrogens is 260 g/mol. The zero-order valence-electron chi connectivity index (χ0n) is 11.6. The Morgan fingerprint density at radius 1 is 1.15 bits per heavy atom. The SMILES string of the molecule is O=C(NCC1(C2CC2)CC1)NC1(C(=O)O)CCOCC1. The van der Waals surface area contributed by atoms with Crippen LogP contribution < -0.4 is 10.6 Å². The topological polar surface area (TPSA) is 87.7 Å². The summed E-state index contributed by atoms with van der Waals surface area (Å²) < 4.78 is 5.19. The van der Waals surface area contributed by atoms with Crippen LogP contribution in [0.3, 0.4) is 0 Å². The maximum atomic E-state index is 12.0.